The highest BCUT2D eigenvalue weighted by atomic mass is 16.3. The Bertz CT molecular complexity index is 592. The molecule has 0 aliphatic carbocycles. The van der Waals surface area contributed by atoms with Crippen molar-refractivity contribution in [1.82, 2.24) is 10.6 Å². The van der Waals surface area contributed by atoms with Gasteiger partial charge in [-0.3, -0.25) is 4.79 Å². The number of ketones is 1. The molecule has 1 aromatic carbocycles. The van der Waals surface area contributed by atoms with Gasteiger partial charge in [0, 0.05) is 22.9 Å². The normalized spacial score (nSPS) is 18.8. The average Bonchev–Trinajstić information content (AvgIpc) is 2.26. The third-order valence-corrected chi connectivity index (χ3v) is 2.97. The number of carbonyl (C=O) groups is 2. The van der Waals surface area contributed by atoms with Gasteiger partial charge in [-0.15, -0.1) is 0 Å². The van der Waals surface area contributed by atoms with Crippen LogP contribution < -0.4 is 10.6 Å². The number of phenols is 2. The maximum atomic E-state index is 11.7. The Morgan fingerprint density at radius 2 is 2.00 bits per heavy atom. The highest BCUT2D eigenvalue weighted by molar-refractivity contribution is 5.98. The fourth-order valence-corrected chi connectivity index (χ4v) is 2.17. The number of hydrogen-bond acceptors (Lipinski definition) is 4. The molecule has 1 aliphatic rings. The topological polar surface area (TPSA) is 98.7 Å². The maximum Gasteiger partial charge on any atom is 0.319 e. The molecule has 0 bridgehead atoms. The van der Waals surface area contributed by atoms with E-state index in [-0.39, 0.29) is 17.3 Å². The molecule has 0 unspecified atom stereocenters. The zero-order chi connectivity index (χ0) is 14.2. The SMILES string of the molecule is CC(=O)C1=C(C)NC(=O)N[C@@H]1c1ccc(O)cc1O. The molecule has 4 N–H and O–H groups in total. The quantitative estimate of drug-likeness (QED) is 0.646. The van der Waals surface area contributed by atoms with Crippen molar-refractivity contribution in [1.29, 1.82) is 0 Å². The summed E-state index contributed by atoms with van der Waals surface area (Å²) in [6.45, 7) is 3.02. The number of Topliss-reactive ketones (excluding diaryl/α,β-unsaturated/α-hetero) is 1. The molecule has 1 aliphatic heterocycles. The van der Waals surface area contributed by atoms with Crippen molar-refractivity contribution in [2.45, 2.75) is 19.9 Å². The molecule has 2 rings (SSSR count). The lowest BCUT2D eigenvalue weighted by Crippen LogP contribution is -2.44. The lowest BCUT2D eigenvalue weighted by Gasteiger charge is -2.28. The third kappa shape index (κ3) is 2.37. The minimum Gasteiger partial charge on any atom is -0.508 e. The van der Waals surface area contributed by atoms with Crippen LogP contribution in [-0.4, -0.2) is 22.0 Å². The number of rotatable bonds is 2. The van der Waals surface area contributed by atoms with E-state index in [1.165, 1.54) is 19.1 Å². The fourth-order valence-electron chi connectivity index (χ4n) is 2.17. The van der Waals surface area contributed by atoms with Crippen molar-refractivity contribution in [2.75, 3.05) is 0 Å². The van der Waals surface area contributed by atoms with Gasteiger partial charge < -0.3 is 20.8 Å². The second kappa shape index (κ2) is 4.64. The van der Waals surface area contributed by atoms with Gasteiger partial charge in [-0.25, -0.2) is 4.79 Å². The Labute approximate surface area is 109 Å². The lowest BCUT2D eigenvalue weighted by molar-refractivity contribution is -0.114. The Kier molecular flexibility index (Phi) is 3.16. The number of aromatic hydroxyl groups is 2. The maximum absolute atomic E-state index is 11.7. The Balaban J connectivity index is 2.55. The van der Waals surface area contributed by atoms with Crippen molar-refractivity contribution in [3.05, 3.63) is 35.0 Å². The van der Waals surface area contributed by atoms with Crippen LogP contribution in [0.25, 0.3) is 0 Å². The van der Waals surface area contributed by atoms with Crippen LogP contribution in [0, 0.1) is 0 Å². The summed E-state index contributed by atoms with van der Waals surface area (Å²) < 4.78 is 0. The molecule has 6 nitrogen and oxygen atoms in total. The zero-order valence-electron chi connectivity index (χ0n) is 10.5. The molecule has 0 radical (unpaired) electrons. The second-order valence-corrected chi connectivity index (χ2v) is 4.37. The van der Waals surface area contributed by atoms with Gasteiger partial charge in [-0.05, 0) is 26.0 Å². The summed E-state index contributed by atoms with van der Waals surface area (Å²) in [5, 5.41) is 24.2. The summed E-state index contributed by atoms with van der Waals surface area (Å²) in [7, 11) is 0. The van der Waals surface area contributed by atoms with Gasteiger partial charge in [-0.2, -0.15) is 0 Å². The van der Waals surface area contributed by atoms with Crippen molar-refractivity contribution in [3.8, 4) is 11.5 Å². The van der Waals surface area contributed by atoms with Crippen molar-refractivity contribution in [2.24, 2.45) is 0 Å². The molecule has 0 saturated carbocycles. The molecule has 100 valence electrons. The first-order chi connectivity index (χ1) is 8.90. The Hall–Kier alpha value is -2.50. The van der Waals surface area contributed by atoms with E-state index in [4.69, 9.17) is 0 Å². The van der Waals surface area contributed by atoms with Gasteiger partial charge in [0.1, 0.15) is 11.5 Å². The summed E-state index contributed by atoms with van der Waals surface area (Å²) in [5.41, 5.74) is 1.19. The smallest absolute Gasteiger partial charge is 0.319 e. The Morgan fingerprint density at radius 1 is 1.32 bits per heavy atom. The number of allylic oxidation sites excluding steroid dienone is 1. The predicted molar refractivity (Wildman–Crippen MR) is 67.6 cm³/mol. The van der Waals surface area contributed by atoms with E-state index in [9.17, 15) is 19.8 Å². The first kappa shape index (κ1) is 12.9. The van der Waals surface area contributed by atoms with Crippen LogP contribution in [0.5, 0.6) is 11.5 Å². The number of phenolic OH excluding ortho intramolecular Hbond substituents is 2. The number of hydrogen-bond donors (Lipinski definition) is 4. The largest absolute Gasteiger partial charge is 0.508 e. The van der Waals surface area contributed by atoms with Crippen LogP contribution >= 0.6 is 0 Å². The molecular weight excluding hydrogens is 248 g/mol. The van der Waals surface area contributed by atoms with E-state index in [1.807, 2.05) is 0 Å². The van der Waals surface area contributed by atoms with Crippen LogP contribution in [0.3, 0.4) is 0 Å². The molecule has 0 spiro atoms. The van der Waals surface area contributed by atoms with Crippen molar-refractivity contribution >= 4 is 11.8 Å². The molecule has 0 aromatic heterocycles. The monoisotopic (exact) mass is 262 g/mol. The molecule has 6 heteroatoms. The van der Waals surface area contributed by atoms with Crippen molar-refractivity contribution in [3.63, 3.8) is 0 Å². The third-order valence-electron chi connectivity index (χ3n) is 2.97. The van der Waals surface area contributed by atoms with Crippen LogP contribution in [0.15, 0.2) is 29.5 Å². The van der Waals surface area contributed by atoms with E-state index in [2.05, 4.69) is 10.6 Å². The minimum absolute atomic E-state index is 0.0911. The molecule has 1 aromatic rings. The van der Waals surface area contributed by atoms with Crippen molar-refractivity contribution < 1.29 is 19.8 Å². The van der Waals surface area contributed by atoms with Gasteiger partial charge in [0.2, 0.25) is 0 Å². The van der Waals surface area contributed by atoms with E-state index in [0.29, 0.717) is 16.8 Å². The molecule has 0 fully saturated rings. The second-order valence-electron chi connectivity index (χ2n) is 4.37. The summed E-state index contributed by atoms with van der Waals surface area (Å²) in [6.07, 6.45) is 0. The number of urea groups is 1. The molecule has 1 heterocycles. The predicted octanol–water partition coefficient (Wildman–Crippen LogP) is 1.31. The van der Waals surface area contributed by atoms with Gasteiger partial charge in [0.05, 0.1) is 6.04 Å². The Morgan fingerprint density at radius 3 is 2.58 bits per heavy atom. The van der Waals surface area contributed by atoms with Gasteiger partial charge >= 0.3 is 6.03 Å². The summed E-state index contributed by atoms with van der Waals surface area (Å²) in [6, 6.07) is 2.84. The van der Waals surface area contributed by atoms with Gasteiger partial charge in [0.15, 0.2) is 5.78 Å². The summed E-state index contributed by atoms with van der Waals surface area (Å²) in [4.78, 5) is 23.2. The number of carbonyl (C=O) groups excluding carboxylic acids is 2. The molecule has 2 amide bonds. The summed E-state index contributed by atoms with van der Waals surface area (Å²) >= 11 is 0. The van der Waals surface area contributed by atoms with Crippen LogP contribution in [0.2, 0.25) is 0 Å². The van der Waals surface area contributed by atoms with Gasteiger partial charge in [0.25, 0.3) is 0 Å². The van der Waals surface area contributed by atoms with Crippen LogP contribution in [-0.2, 0) is 4.79 Å². The highest BCUT2D eigenvalue weighted by Gasteiger charge is 2.30. The molecule has 1 atom stereocenters. The van der Waals surface area contributed by atoms with E-state index >= 15 is 0 Å². The first-order valence-electron chi connectivity index (χ1n) is 5.71. The summed E-state index contributed by atoms with van der Waals surface area (Å²) in [5.74, 6) is -0.479. The molecule has 19 heavy (non-hydrogen) atoms. The highest BCUT2D eigenvalue weighted by Crippen LogP contribution is 2.34. The number of nitrogens with one attached hydrogen (secondary N) is 2. The number of benzene rings is 1. The van der Waals surface area contributed by atoms with Crippen LogP contribution in [0.1, 0.15) is 25.5 Å². The number of amides is 2. The van der Waals surface area contributed by atoms with E-state index in [1.54, 1.807) is 6.92 Å². The first-order valence-corrected chi connectivity index (χ1v) is 5.71. The van der Waals surface area contributed by atoms with Crippen LogP contribution in [0.4, 0.5) is 4.79 Å². The zero-order valence-corrected chi connectivity index (χ0v) is 10.5. The standard InChI is InChI=1S/C13H14N2O4/c1-6-11(7(2)16)12(15-13(19)14-6)9-4-3-8(17)5-10(9)18/h3-5,12,17-18H,1-2H3,(H2,14,15,19)/t12-/m1/s1. The average molecular weight is 262 g/mol. The van der Waals surface area contributed by atoms with E-state index in [0.717, 1.165) is 6.07 Å². The lowest BCUT2D eigenvalue weighted by atomic mass is 9.92. The molecular formula is C13H14N2O4. The van der Waals surface area contributed by atoms with Gasteiger partial charge in [-0.1, -0.05) is 0 Å². The minimum atomic E-state index is -0.730. The molecule has 0 saturated heterocycles. The van der Waals surface area contributed by atoms with E-state index < -0.39 is 12.1 Å². The fraction of sp³-hybridized carbons (Fsp3) is 0.231.